The second-order valence-electron chi connectivity index (χ2n) is 5.59. The predicted octanol–water partition coefficient (Wildman–Crippen LogP) is 2.79. The van der Waals surface area contributed by atoms with Crippen molar-refractivity contribution in [1.29, 1.82) is 0 Å². The molecular formula is C18H18F3N3O2. The van der Waals surface area contributed by atoms with Crippen LogP contribution in [0, 0.1) is 0 Å². The number of halogens is 3. The molecule has 0 bridgehead atoms. The first-order valence-electron chi connectivity index (χ1n) is 7.82. The average Bonchev–Trinajstić information content (AvgIpc) is 2.64. The van der Waals surface area contributed by atoms with Gasteiger partial charge >= 0.3 is 6.18 Å². The van der Waals surface area contributed by atoms with Gasteiger partial charge in [-0.05, 0) is 30.2 Å². The van der Waals surface area contributed by atoms with Crippen LogP contribution >= 0.6 is 0 Å². The first kappa shape index (κ1) is 19.6. The van der Waals surface area contributed by atoms with Crippen LogP contribution in [-0.4, -0.2) is 39.0 Å². The van der Waals surface area contributed by atoms with E-state index in [4.69, 9.17) is 0 Å². The Hall–Kier alpha value is -2.74. The van der Waals surface area contributed by atoms with Crippen LogP contribution < -0.4 is 0 Å². The van der Waals surface area contributed by atoms with Crippen LogP contribution in [0.4, 0.5) is 13.2 Å². The molecule has 1 atom stereocenters. The number of aliphatic hydroxyl groups is 1. The van der Waals surface area contributed by atoms with Crippen molar-refractivity contribution in [3.63, 3.8) is 0 Å². The highest BCUT2D eigenvalue weighted by Gasteiger charge is 2.32. The van der Waals surface area contributed by atoms with Crippen molar-refractivity contribution >= 4 is 5.91 Å². The summed E-state index contributed by atoms with van der Waals surface area (Å²) < 4.78 is 37.6. The summed E-state index contributed by atoms with van der Waals surface area (Å²) in [5.41, 5.74) is 0.147. The van der Waals surface area contributed by atoms with Gasteiger partial charge in [0, 0.05) is 30.7 Å². The van der Waals surface area contributed by atoms with Gasteiger partial charge in [-0.1, -0.05) is 18.7 Å². The Kier molecular flexibility index (Phi) is 6.46. The fraction of sp³-hybridized carbons (Fsp3) is 0.278. The zero-order chi connectivity index (χ0) is 19.2. The minimum Gasteiger partial charge on any atom is -0.386 e. The molecule has 0 radical (unpaired) electrons. The van der Waals surface area contributed by atoms with Gasteiger partial charge in [0.05, 0.1) is 12.6 Å². The van der Waals surface area contributed by atoms with Crippen molar-refractivity contribution in [3.8, 4) is 0 Å². The maximum Gasteiger partial charge on any atom is 0.433 e. The van der Waals surface area contributed by atoms with Crippen molar-refractivity contribution in [1.82, 2.24) is 14.9 Å². The third-order valence-electron chi connectivity index (χ3n) is 3.73. The highest BCUT2D eigenvalue weighted by molar-refractivity contribution is 5.87. The molecule has 138 valence electrons. The van der Waals surface area contributed by atoms with E-state index in [9.17, 15) is 23.1 Å². The van der Waals surface area contributed by atoms with Crippen molar-refractivity contribution < 1.29 is 23.1 Å². The van der Waals surface area contributed by atoms with Crippen LogP contribution in [0.15, 0.2) is 55.5 Å². The molecule has 0 saturated heterocycles. The summed E-state index contributed by atoms with van der Waals surface area (Å²) in [7, 11) is 0. The van der Waals surface area contributed by atoms with Crippen molar-refractivity contribution in [2.24, 2.45) is 0 Å². The Labute approximate surface area is 148 Å². The lowest BCUT2D eigenvalue weighted by Gasteiger charge is -2.24. The van der Waals surface area contributed by atoms with E-state index in [2.05, 4.69) is 16.5 Å². The number of alkyl halides is 3. The van der Waals surface area contributed by atoms with Crippen molar-refractivity contribution in [3.05, 3.63) is 72.3 Å². The molecule has 1 amide bonds. The third kappa shape index (κ3) is 5.38. The number of rotatable bonds is 7. The molecule has 0 spiro atoms. The number of pyridine rings is 2. The topological polar surface area (TPSA) is 66.3 Å². The van der Waals surface area contributed by atoms with Gasteiger partial charge in [-0.25, -0.2) is 0 Å². The first-order chi connectivity index (χ1) is 12.3. The summed E-state index contributed by atoms with van der Waals surface area (Å²) in [4.78, 5) is 20.7. The van der Waals surface area contributed by atoms with Gasteiger partial charge in [-0.2, -0.15) is 13.2 Å². The Morgan fingerprint density at radius 3 is 2.62 bits per heavy atom. The number of carbonyl (C=O) groups excluding carboxylic acids is 1. The Morgan fingerprint density at radius 1 is 1.31 bits per heavy atom. The van der Waals surface area contributed by atoms with Gasteiger partial charge in [-0.15, -0.1) is 0 Å². The lowest BCUT2D eigenvalue weighted by atomic mass is 10.1. The molecule has 0 aliphatic rings. The van der Waals surface area contributed by atoms with Crippen LogP contribution in [0.2, 0.25) is 0 Å². The highest BCUT2D eigenvalue weighted by Crippen LogP contribution is 2.27. The van der Waals surface area contributed by atoms with Gasteiger partial charge in [0.1, 0.15) is 5.69 Å². The SMILES string of the molecule is C=CC(=O)N(CCc1ccc(C(F)(F)F)nc1)C[C@@H](O)c1cccnc1. The molecule has 8 heteroatoms. The fourth-order valence-electron chi connectivity index (χ4n) is 2.31. The van der Waals surface area contributed by atoms with Crippen LogP contribution in [0.25, 0.3) is 0 Å². The van der Waals surface area contributed by atoms with E-state index in [1.807, 2.05) is 0 Å². The Morgan fingerprint density at radius 2 is 2.08 bits per heavy atom. The monoisotopic (exact) mass is 365 g/mol. The molecule has 2 aromatic heterocycles. The largest absolute Gasteiger partial charge is 0.433 e. The summed E-state index contributed by atoms with van der Waals surface area (Å²) >= 11 is 0. The quantitative estimate of drug-likeness (QED) is 0.767. The maximum absolute atomic E-state index is 12.5. The van der Waals surface area contributed by atoms with Gasteiger partial charge in [0.15, 0.2) is 0 Å². The summed E-state index contributed by atoms with van der Waals surface area (Å²) in [5, 5.41) is 10.3. The number of hydrogen-bond donors (Lipinski definition) is 1. The standard InChI is InChI=1S/C18H18F3N3O2/c1-2-17(26)24(12-15(25)14-4-3-8-22-11-14)9-7-13-5-6-16(23-10-13)18(19,20)21/h2-6,8,10-11,15,25H,1,7,9,12H2/t15-/m1/s1. The molecule has 26 heavy (non-hydrogen) atoms. The zero-order valence-corrected chi connectivity index (χ0v) is 13.9. The lowest BCUT2D eigenvalue weighted by molar-refractivity contribution is -0.141. The van der Waals surface area contributed by atoms with E-state index in [0.29, 0.717) is 17.5 Å². The molecule has 0 aliphatic heterocycles. The van der Waals surface area contributed by atoms with Crippen LogP contribution in [-0.2, 0) is 17.4 Å². The maximum atomic E-state index is 12.5. The molecule has 0 unspecified atom stereocenters. The van der Waals surface area contributed by atoms with E-state index >= 15 is 0 Å². The molecule has 0 saturated carbocycles. The average molecular weight is 365 g/mol. The smallest absolute Gasteiger partial charge is 0.386 e. The van der Waals surface area contributed by atoms with E-state index in [1.165, 1.54) is 17.2 Å². The predicted molar refractivity (Wildman–Crippen MR) is 88.9 cm³/mol. The molecule has 0 aromatic carbocycles. The molecule has 0 aliphatic carbocycles. The molecule has 5 nitrogen and oxygen atoms in total. The minimum atomic E-state index is -4.49. The Bertz CT molecular complexity index is 734. The summed E-state index contributed by atoms with van der Waals surface area (Å²) in [6.07, 6.45) is 0.208. The molecular weight excluding hydrogens is 347 g/mol. The van der Waals surface area contributed by atoms with Crippen LogP contribution in [0.1, 0.15) is 22.9 Å². The minimum absolute atomic E-state index is 0.0185. The zero-order valence-electron chi connectivity index (χ0n) is 13.9. The number of hydrogen-bond acceptors (Lipinski definition) is 4. The van der Waals surface area contributed by atoms with Gasteiger partial charge in [0.25, 0.3) is 0 Å². The number of amides is 1. The van der Waals surface area contributed by atoms with Gasteiger partial charge in [0.2, 0.25) is 5.91 Å². The van der Waals surface area contributed by atoms with Gasteiger partial charge < -0.3 is 10.0 Å². The van der Waals surface area contributed by atoms with Crippen molar-refractivity contribution in [2.45, 2.75) is 18.7 Å². The Balaban J connectivity index is 2.02. The van der Waals surface area contributed by atoms with E-state index in [1.54, 1.807) is 18.3 Å². The summed E-state index contributed by atoms with van der Waals surface area (Å²) in [6, 6.07) is 5.59. The first-order valence-corrected chi connectivity index (χ1v) is 7.82. The fourth-order valence-corrected chi connectivity index (χ4v) is 2.31. The third-order valence-corrected chi connectivity index (χ3v) is 3.73. The number of nitrogens with zero attached hydrogens (tertiary/aromatic N) is 3. The van der Waals surface area contributed by atoms with E-state index in [0.717, 1.165) is 18.3 Å². The second kappa shape index (κ2) is 8.57. The molecule has 1 N–H and O–H groups in total. The van der Waals surface area contributed by atoms with Crippen molar-refractivity contribution in [2.75, 3.05) is 13.1 Å². The summed E-state index contributed by atoms with van der Waals surface area (Å²) in [5.74, 6) is -0.382. The van der Waals surface area contributed by atoms with Crippen LogP contribution in [0.5, 0.6) is 0 Å². The number of carbonyl (C=O) groups is 1. The molecule has 2 aromatic rings. The van der Waals surface area contributed by atoms with Gasteiger partial charge in [-0.3, -0.25) is 14.8 Å². The number of aromatic nitrogens is 2. The molecule has 2 heterocycles. The van der Waals surface area contributed by atoms with E-state index < -0.39 is 18.0 Å². The van der Waals surface area contributed by atoms with Crippen LogP contribution in [0.3, 0.4) is 0 Å². The highest BCUT2D eigenvalue weighted by atomic mass is 19.4. The normalized spacial score (nSPS) is 12.5. The molecule has 0 fully saturated rings. The molecule has 2 rings (SSSR count). The summed E-state index contributed by atoms with van der Waals surface area (Å²) in [6.45, 7) is 3.65. The number of aliphatic hydroxyl groups excluding tert-OH is 1. The lowest BCUT2D eigenvalue weighted by Crippen LogP contribution is -2.35. The van der Waals surface area contributed by atoms with E-state index in [-0.39, 0.29) is 19.0 Å². The second-order valence-corrected chi connectivity index (χ2v) is 5.59.